The Hall–Kier alpha value is -3.54. The van der Waals surface area contributed by atoms with Crippen LogP contribution >= 0.6 is 0 Å². The molecule has 1 amide bonds. The summed E-state index contributed by atoms with van der Waals surface area (Å²) in [6.45, 7) is 1.09. The van der Waals surface area contributed by atoms with Crippen LogP contribution in [0.4, 0.5) is 0 Å². The third-order valence-electron chi connectivity index (χ3n) is 4.85. The molecule has 1 aliphatic heterocycles. The number of methoxy groups -OCH3 is 2. The first-order chi connectivity index (χ1) is 14.2. The Morgan fingerprint density at radius 2 is 1.83 bits per heavy atom. The van der Waals surface area contributed by atoms with Gasteiger partial charge in [0.25, 0.3) is 0 Å². The van der Waals surface area contributed by atoms with E-state index in [2.05, 4.69) is 4.98 Å². The van der Waals surface area contributed by atoms with E-state index in [1.807, 2.05) is 54.6 Å². The number of aromatic nitrogens is 1. The molecular formula is C23H22N2O4. The highest BCUT2D eigenvalue weighted by Gasteiger charge is 2.31. The molecule has 4 rings (SSSR count). The summed E-state index contributed by atoms with van der Waals surface area (Å²) < 4.78 is 16.4. The second-order valence-corrected chi connectivity index (χ2v) is 6.77. The van der Waals surface area contributed by atoms with Gasteiger partial charge in [0.2, 0.25) is 11.8 Å². The Bertz CT molecular complexity index is 1060. The van der Waals surface area contributed by atoms with Gasteiger partial charge in [-0.05, 0) is 35.9 Å². The number of para-hydroxylation sites is 1. The second-order valence-electron chi connectivity index (χ2n) is 6.77. The van der Waals surface area contributed by atoms with Crippen LogP contribution in [-0.4, -0.2) is 49.2 Å². The molecule has 0 unspecified atom stereocenters. The minimum atomic E-state index is -0.0499. The Morgan fingerprint density at radius 1 is 1.03 bits per heavy atom. The SMILES string of the molecule is COc1ccc(/C=C/C(=O)N2CC(Oc3ccc4ccccc4n3)C2)cc1OC. The van der Waals surface area contributed by atoms with Gasteiger partial charge in [-0.1, -0.05) is 24.3 Å². The van der Waals surface area contributed by atoms with Gasteiger partial charge in [-0.25, -0.2) is 4.98 Å². The fourth-order valence-electron chi connectivity index (χ4n) is 3.21. The van der Waals surface area contributed by atoms with Gasteiger partial charge in [-0.15, -0.1) is 0 Å². The predicted octanol–water partition coefficient (Wildman–Crippen LogP) is 3.56. The lowest BCUT2D eigenvalue weighted by molar-refractivity contribution is -0.134. The summed E-state index contributed by atoms with van der Waals surface area (Å²) in [6, 6.07) is 17.3. The van der Waals surface area contributed by atoms with Crippen molar-refractivity contribution in [2.75, 3.05) is 27.3 Å². The molecule has 1 saturated heterocycles. The number of fused-ring (bicyclic) bond motifs is 1. The number of likely N-dealkylation sites (tertiary alicyclic amines) is 1. The van der Waals surface area contributed by atoms with Gasteiger partial charge in [0.15, 0.2) is 11.5 Å². The highest BCUT2D eigenvalue weighted by atomic mass is 16.5. The van der Waals surface area contributed by atoms with Crippen molar-refractivity contribution in [2.45, 2.75) is 6.10 Å². The van der Waals surface area contributed by atoms with Crippen LogP contribution in [0.1, 0.15) is 5.56 Å². The number of rotatable bonds is 6. The van der Waals surface area contributed by atoms with Crippen molar-refractivity contribution >= 4 is 22.9 Å². The maximum Gasteiger partial charge on any atom is 0.246 e. The van der Waals surface area contributed by atoms with Crippen molar-refractivity contribution in [3.8, 4) is 17.4 Å². The van der Waals surface area contributed by atoms with Crippen LogP contribution in [0, 0.1) is 0 Å². The number of nitrogens with zero attached hydrogens (tertiary/aromatic N) is 2. The Kier molecular flexibility index (Phi) is 5.33. The summed E-state index contributed by atoms with van der Waals surface area (Å²) in [4.78, 5) is 18.6. The number of carbonyl (C=O) groups excluding carboxylic acids is 1. The lowest BCUT2D eigenvalue weighted by Crippen LogP contribution is -2.55. The molecule has 2 heterocycles. The average Bonchev–Trinajstić information content (AvgIpc) is 2.73. The predicted molar refractivity (Wildman–Crippen MR) is 111 cm³/mol. The van der Waals surface area contributed by atoms with Crippen LogP contribution in [0.15, 0.2) is 60.7 Å². The Balaban J connectivity index is 1.32. The molecule has 1 fully saturated rings. The molecule has 0 N–H and O–H groups in total. The molecule has 0 atom stereocenters. The molecule has 148 valence electrons. The molecule has 3 aromatic rings. The summed E-state index contributed by atoms with van der Waals surface area (Å²) in [7, 11) is 3.17. The number of hydrogen-bond donors (Lipinski definition) is 0. The van der Waals surface area contributed by atoms with Crippen LogP contribution in [0.25, 0.3) is 17.0 Å². The standard InChI is InChI=1S/C23H22N2O4/c1-27-20-10-7-16(13-21(20)28-2)8-12-23(26)25-14-18(15-25)29-22-11-9-17-5-3-4-6-19(17)24-22/h3-13,18H,14-15H2,1-2H3/b12-8+. The maximum absolute atomic E-state index is 12.4. The van der Waals surface area contributed by atoms with Gasteiger partial charge in [0.05, 0.1) is 32.8 Å². The van der Waals surface area contributed by atoms with Crippen molar-refractivity contribution < 1.29 is 19.0 Å². The summed E-state index contributed by atoms with van der Waals surface area (Å²) in [5.74, 6) is 1.82. The average molecular weight is 390 g/mol. The fraction of sp³-hybridized carbons (Fsp3) is 0.217. The molecule has 29 heavy (non-hydrogen) atoms. The van der Waals surface area contributed by atoms with E-state index < -0.39 is 0 Å². The topological polar surface area (TPSA) is 60.9 Å². The highest BCUT2D eigenvalue weighted by Crippen LogP contribution is 2.28. The first-order valence-electron chi connectivity index (χ1n) is 9.38. The summed E-state index contributed by atoms with van der Waals surface area (Å²) in [5, 5.41) is 1.07. The van der Waals surface area contributed by atoms with E-state index in [0.717, 1.165) is 16.5 Å². The first kappa shape index (κ1) is 18.8. The van der Waals surface area contributed by atoms with Crippen LogP contribution in [-0.2, 0) is 4.79 Å². The number of hydrogen-bond acceptors (Lipinski definition) is 5. The van der Waals surface area contributed by atoms with Crippen LogP contribution < -0.4 is 14.2 Å². The van der Waals surface area contributed by atoms with Crippen molar-refractivity contribution in [3.05, 3.63) is 66.2 Å². The van der Waals surface area contributed by atoms with Crippen molar-refractivity contribution in [1.82, 2.24) is 9.88 Å². The number of benzene rings is 2. The van der Waals surface area contributed by atoms with Crippen molar-refractivity contribution in [2.24, 2.45) is 0 Å². The third kappa shape index (κ3) is 4.16. The van der Waals surface area contributed by atoms with Crippen LogP contribution in [0.3, 0.4) is 0 Å². The highest BCUT2D eigenvalue weighted by molar-refractivity contribution is 5.92. The van der Waals surface area contributed by atoms with Gasteiger partial charge in [0.1, 0.15) is 6.10 Å². The van der Waals surface area contributed by atoms with E-state index in [1.54, 1.807) is 31.3 Å². The minimum absolute atomic E-state index is 0.0397. The van der Waals surface area contributed by atoms with Crippen molar-refractivity contribution in [1.29, 1.82) is 0 Å². The van der Waals surface area contributed by atoms with Gasteiger partial charge < -0.3 is 19.1 Å². The molecule has 0 bridgehead atoms. The number of carbonyl (C=O) groups is 1. The van der Waals surface area contributed by atoms with Gasteiger partial charge in [0, 0.05) is 17.5 Å². The van der Waals surface area contributed by atoms with E-state index in [1.165, 1.54) is 0 Å². The lowest BCUT2D eigenvalue weighted by atomic mass is 10.1. The molecule has 1 aromatic heterocycles. The van der Waals surface area contributed by atoms with E-state index in [9.17, 15) is 4.79 Å². The molecule has 0 radical (unpaired) electrons. The molecule has 2 aromatic carbocycles. The largest absolute Gasteiger partial charge is 0.493 e. The first-order valence-corrected chi connectivity index (χ1v) is 9.38. The molecule has 1 aliphatic rings. The molecule has 0 aliphatic carbocycles. The number of amides is 1. The number of ether oxygens (including phenoxy) is 3. The third-order valence-corrected chi connectivity index (χ3v) is 4.85. The van der Waals surface area contributed by atoms with Gasteiger partial charge in [-0.2, -0.15) is 0 Å². The van der Waals surface area contributed by atoms with E-state index in [0.29, 0.717) is 30.5 Å². The van der Waals surface area contributed by atoms with E-state index in [4.69, 9.17) is 14.2 Å². The monoisotopic (exact) mass is 390 g/mol. The minimum Gasteiger partial charge on any atom is -0.493 e. The van der Waals surface area contributed by atoms with Gasteiger partial charge >= 0.3 is 0 Å². The molecule has 0 saturated carbocycles. The second kappa shape index (κ2) is 8.22. The Morgan fingerprint density at radius 3 is 2.62 bits per heavy atom. The van der Waals surface area contributed by atoms with Crippen LogP contribution in [0.5, 0.6) is 17.4 Å². The maximum atomic E-state index is 12.4. The van der Waals surface area contributed by atoms with Gasteiger partial charge in [-0.3, -0.25) is 4.79 Å². The smallest absolute Gasteiger partial charge is 0.246 e. The molecule has 6 nitrogen and oxygen atoms in total. The van der Waals surface area contributed by atoms with E-state index in [-0.39, 0.29) is 12.0 Å². The summed E-state index contributed by atoms with van der Waals surface area (Å²) in [6.07, 6.45) is 3.29. The summed E-state index contributed by atoms with van der Waals surface area (Å²) in [5.41, 5.74) is 1.76. The zero-order valence-electron chi connectivity index (χ0n) is 16.4. The van der Waals surface area contributed by atoms with E-state index >= 15 is 0 Å². The zero-order chi connectivity index (χ0) is 20.2. The summed E-state index contributed by atoms with van der Waals surface area (Å²) >= 11 is 0. The fourth-order valence-corrected chi connectivity index (χ4v) is 3.21. The van der Waals surface area contributed by atoms with Crippen molar-refractivity contribution in [3.63, 3.8) is 0 Å². The van der Waals surface area contributed by atoms with Crippen LogP contribution in [0.2, 0.25) is 0 Å². The quantitative estimate of drug-likeness (QED) is 0.603. The molecule has 6 heteroatoms. The molecular weight excluding hydrogens is 368 g/mol. The zero-order valence-corrected chi connectivity index (χ0v) is 16.4. The Labute approximate surface area is 169 Å². The lowest BCUT2D eigenvalue weighted by Gasteiger charge is -2.38. The normalized spacial score (nSPS) is 14.1. The number of pyridine rings is 1. The molecule has 0 spiro atoms.